The molecule has 1 aromatic carbocycles. The van der Waals surface area contributed by atoms with E-state index < -0.39 is 12.0 Å². The fourth-order valence-corrected chi connectivity index (χ4v) is 1.37. The monoisotopic (exact) mass is 206 g/mol. The second-order valence-electron chi connectivity index (χ2n) is 3.22. The Bertz CT molecular complexity index is 361. The summed E-state index contributed by atoms with van der Waals surface area (Å²) in [6.45, 7) is 2.75. The molecule has 1 amide bonds. The molecule has 4 nitrogen and oxygen atoms in total. The van der Waals surface area contributed by atoms with Crippen LogP contribution in [0.5, 0.6) is 0 Å². The maximum Gasteiger partial charge on any atom is 0.224 e. The van der Waals surface area contributed by atoms with Crippen molar-refractivity contribution >= 4 is 17.6 Å². The van der Waals surface area contributed by atoms with Gasteiger partial charge in [0.2, 0.25) is 5.91 Å². The number of carbonyl (C=O) groups excluding carboxylic acids is 2. The number of nitrogens with zero attached hydrogens (tertiary/aromatic N) is 1. The minimum absolute atomic E-state index is 0.321. The molecule has 0 saturated carbocycles. The van der Waals surface area contributed by atoms with Crippen molar-refractivity contribution in [3.8, 4) is 0 Å². The minimum atomic E-state index is -1.27. The van der Waals surface area contributed by atoms with Gasteiger partial charge in [-0.3, -0.25) is 4.79 Å². The lowest BCUT2D eigenvalue weighted by molar-refractivity contribution is -0.307. The van der Waals surface area contributed by atoms with Gasteiger partial charge >= 0.3 is 0 Å². The highest BCUT2D eigenvalue weighted by Gasteiger charge is 2.18. The Morgan fingerprint density at radius 3 is 2.20 bits per heavy atom. The summed E-state index contributed by atoms with van der Waals surface area (Å²) in [4.78, 5) is 23.2. The molecule has 0 aliphatic rings. The lowest BCUT2D eigenvalue weighted by Gasteiger charge is -2.28. The van der Waals surface area contributed by atoms with Gasteiger partial charge in [-0.15, -0.1) is 0 Å². The Balaban J connectivity index is 3.04. The van der Waals surface area contributed by atoms with Gasteiger partial charge in [-0.05, 0) is 19.1 Å². The smallest absolute Gasteiger partial charge is 0.224 e. The molecule has 0 unspecified atom stereocenters. The van der Waals surface area contributed by atoms with E-state index in [1.54, 1.807) is 30.3 Å². The van der Waals surface area contributed by atoms with Crippen LogP contribution in [0.2, 0.25) is 0 Å². The molecule has 0 fully saturated rings. The first-order valence-corrected chi connectivity index (χ1v) is 4.59. The average molecular weight is 206 g/mol. The second kappa shape index (κ2) is 4.59. The van der Waals surface area contributed by atoms with E-state index in [-0.39, 0.29) is 5.91 Å². The van der Waals surface area contributed by atoms with Gasteiger partial charge in [-0.25, -0.2) is 0 Å². The van der Waals surface area contributed by atoms with Crippen LogP contribution in [0, 0.1) is 0 Å². The number of aliphatic carboxylic acids is 1. The van der Waals surface area contributed by atoms with Gasteiger partial charge in [-0.2, -0.15) is 0 Å². The highest BCUT2D eigenvalue weighted by molar-refractivity contribution is 5.97. The summed E-state index contributed by atoms with van der Waals surface area (Å²) < 4.78 is 0. The molecular weight excluding hydrogens is 194 g/mol. The number of carboxylic acids is 1. The van der Waals surface area contributed by atoms with Crippen molar-refractivity contribution in [2.45, 2.75) is 19.9 Å². The number of rotatable bonds is 3. The van der Waals surface area contributed by atoms with Crippen LogP contribution in [-0.2, 0) is 9.59 Å². The highest BCUT2D eigenvalue weighted by Crippen LogP contribution is 2.16. The maximum absolute atomic E-state index is 11.3. The van der Waals surface area contributed by atoms with Gasteiger partial charge in [0.1, 0.15) is 0 Å². The van der Waals surface area contributed by atoms with E-state index in [9.17, 15) is 14.7 Å². The van der Waals surface area contributed by atoms with Crippen molar-refractivity contribution in [2.24, 2.45) is 0 Å². The van der Waals surface area contributed by atoms with E-state index in [1.807, 2.05) is 0 Å². The van der Waals surface area contributed by atoms with Gasteiger partial charge < -0.3 is 14.8 Å². The quantitative estimate of drug-likeness (QED) is 0.708. The molecule has 80 valence electrons. The first kappa shape index (κ1) is 11.2. The minimum Gasteiger partial charge on any atom is -0.548 e. The summed E-state index contributed by atoms with van der Waals surface area (Å²) in [5.74, 6) is -1.59. The molecule has 1 aromatic rings. The zero-order chi connectivity index (χ0) is 11.4. The molecule has 0 radical (unpaired) electrons. The van der Waals surface area contributed by atoms with Crippen LogP contribution in [-0.4, -0.2) is 17.9 Å². The van der Waals surface area contributed by atoms with Crippen molar-refractivity contribution in [3.05, 3.63) is 30.3 Å². The normalized spacial score (nSPS) is 11.9. The topological polar surface area (TPSA) is 60.4 Å². The van der Waals surface area contributed by atoms with Crippen LogP contribution in [0.1, 0.15) is 13.8 Å². The molecular formula is C11H12NO3-. The highest BCUT2D eigenvalue weighted by atomic mass is 16.4. The Labute approximate surface area is 88.1 Å². The number of hydrogen-bond donors (Lipinski definition) is 0. The van der Waals surface area contributed by atoms with E-state index in [2.05, 4.69) is 0 Å². The predicted molar refractivity (Wildman–Crippen MR) is 54.1 cm³/mol. The van der Waals surface area contributed by atoms with E-state index in [4.69, 9.17) is 0 Å². The molecule has 0 aliphatic heterocycles. The van der Waals surface area contributed by atoms with Crippen LogP contribution < -0.4 is 10.0 Å². The molecule has 0 aromatic heterocycles. The zero-order valence-electron chi connectivity index (χ0n) is 8.64. The van der Waals surface area contributed by atoms with Gasteiger partial charge in [0.05, 0.1) is 12.0 Å². The largest absolute Gasteiger partial charge is 0.548 e. The lowest BCUT2D eigenvalue weighted by Crippen LogP contribution is -2.48. The Morgan fingerprint density at radius 1 is 1.27 bits per heavy atom. The molecule has 0 N–H and O–H groups in total. The summed E-state index contributed by atoms with van der Waals surface area (Å²) in [6, 6.07) is 7.68. The standard InChI is InChI=1S/C11H13NO3/c1-8(11(14)15)12(9(2)13)10-6-4-3-5-7-10/h3-8H,1-2H3,(H,14,15)/p-1/t8-/m1/s1. The molecule has 15 heavy (non-hydrogen) atoms. The SMILES string of the molecule is CC(=O)N(c1ccccc1)[C@H](C)C(=O)[O-]. The molecule has 0 bridgehead atoms. The number of carboxylic acid groups (broad SMARTS) is 1. The molecule has 0 saturated heterocycles. The van der Waals surface area contributed by atoms with Crippen molar-refractivity contribution in [3.63, 3.8) is 0 Å². The third-order valence-electron chi connectivity index (χ3n) is 2.10. The number of carbonyl (C=O) groups is 2. The Hall–Kier alpha value is -1.84. The van der Waals surface area contributed by atoms with Crippen LogP contribution >= 0.6 is 0 Å². The first-order valence-electron chi connectivity index (χ1n) is 4.59. The fraction of sp³-hybridized carbons (Fsp3) is 0.273. The van der Waals surface area contributed by atoms with E-state index in [0.29, 0.717) is 5.69 Å². The third-order valence-corrected chi connectivity index (χ3v) is 2.10. The zero-order valence-corrected chi connectivity index (χ0v) is 8.64. The van der Waals surface area contributed by atoms with Gasteiger partial charge in [0, 0.05) is 12.6 Å². The number of anilines is 1. The third kappa shape index (κ3) is 2.56. The number of amides is 1. The molecule has 4 heteroatoms. The summed E-state index contributed by atoms with van der Waals surface area (Å²) in [6.07, 6.45) is 0. The predicted octanol–water partition coefficient (Wildman–Crippen LogP) is 0.178. The Morgan fingerprint density at radius 2 is 1.80 bits per heavy atom. The molecule has 1 atom stereocenters. The number of para-hydroxylation sites is 1. The van der Waals surface area contributed by atoms with Crippen molar-refractivity contribution in [2.75, 3.05) is 4.90 Å². The summed E-state index contributed by atoms with van der Waals surface area (Å²) in [5.41, 5.74) is 0.557. The first-order chi connectivity index (χ1) is 7.04. The number of benzene rings is 1. The second-order valence-corrected chi connectivity index (χ2v) is 3.22. The maximum atomic E-state index is 11.3. The molecule has 1 rings (SSSR count). The molecule has 0 spiro atoms. The molecule has 0 heterocycles. The fourth-order valence-electron chi connectivity index (χ4n) is 1.37. The summed E-state index contributed by atoms with van der Waals surface area (Å²) in [7, 11) is 0. The number of hydrogen-bond acceptors (Lipinski definition) is 3. The summed E-state index contributed by atoms with van der Waals surface area (Å²) >= 11 is 0. The van der Waals surface area contributed by atoms with Crippen molar-refractivity contribution in [1.82, 2.24) is 0 Å². The van der Waals surface area contributed by atoms with Gasteiger partial charge in [-0.1, -0.05) is 18.2 Å². The summed E-state index contributed by atoms with van der Waals surface area (Å²) in [5, 5.41) is 10.7. The molecule has 0 aliphatic carbocycles. The average Bonchev–Trinajstić information content (AvgIpc) is 2.18. The van der Waals surface area contributed by atoms with Crippen LogP contribution in [0.4, 0.5) is 5.69 Å². The van der Waals surface area contributed by atoms with Crippen LogP contribution in [0.25, 0.3) is 0 Å². The van der Waals surface area contributed by atoms with Crippen LogP contribution in [0.3, 0.4) is 0 Å². The Kier molecular flexibility index (Phi) is 3.44. The van der Waals surface area contributed by atoms with E-state index in [0.717, 1.165) is 0 Å². The van der Waals surface area contributed by atoms with Gasteiger partial charge in [0.15, 0.2) is 0 Å². The van der Waals surface area contributed by atoms with E-state index in [1.165, 1.54) is 18.7 Å². The van der Waals surface area contributed by atoms with Crippen molar-refractivity contribution in [1.29, 1.82) is 0 Å². The van der Waals surface area contributed by atoms with Crippen molar-refractivity contribution < 1.29 is 14.7 Å². The van der Waals surface area contributed by atoms with E-state index >= 15 is 0 Å². The van der Waals surface area contributed by atoms with Gasteiger partial charge in [0.25, 0.3) is 0 Å². The lowest BCUT2D eigenvalue weighted by atomic mass is 10.2. The van der Waals surface area contributed by atoms with Crippen LogP contribution in [0.15, 0.2) is 30.3 Å².